The average molecular weight is 895 g/mol. The summed E-state index contributed by atoms with van der Waals surface area (Å²) in [6.45, 7) is 6.07. The summed E-state index contributed by atoms with van der Waals surface area (Å²) in [4.78, 5) is 29.4. The topological polar surface area (TPSA) is 144 Å². The van der Waals surface area contributed by atoms with Gasteiger partial charge in [0.2, 0.25) is 0 Å². The first-order valence-electron chi connectivity index (χ1n) is 19.8. The SMILES string of the molecule is O=C(Nc1ccc(OCCCN2CCOC(C3CN(CCCOc4cc(NC(=O)Nc5ccc(OC(F)(F)F)cc5)ccc4F)CCO3)C2)cc1)Nc1ccc(OC(F)(F)F)cc1. The molecule has 2 aliphatic heterocycles. The molecule has 4 aromatic rings. The maximum Gasteiger partial charge on any atom is 0.573 e. The van der Waals surface area contributed by atoms with E-state index in [0.29, 0.717) is 57.3 Å². The van der Waals surface area contributed by atoms with Gasteiger partial charge in [-0.3, -0.25) is 9.80 Å². The first-order chi connectivity index (χ1) is 30.1. The molecule has 0 spiro atoms. The summed E-state index contributed by atoms with van der Waals surface area (Å²) in [7, 11) is 0. The summed E-state index contributed by atoms with van der Waals surface area (Å²) >= 11 is 0. The molecule has 4 aromatic carbocycles. The number of anilines is 4. The number of hydrogen-bond acceptors (Lipinski definition) is 10. The van der Waals surface area contributed by atoms with Crippen molar-refractivity contribution >= 4 is 34.8 Å². The Morgan fingerprint density at radius 1 is 0.571 bits per heavy atom. The number of morpholine rings is 2. The van der Waals surface area contributed by atoms with E-state index in [-0.39, 0.29) is 41.6 Å². The molecule has 2 aliphatic rings. The molecule has 0 bridgehead atoms. The number of hydrogen-bond donors (Lipinski definition) is 4. The lowest BCUT2D eigenvalue weighted by atomic mass is 10.1. The van der Waals surface area contributed by atoms with Crippen molar-refractivity contribution in [3.05, 3.63) is 96.8 Å². The van der Waals surface area contributed by atoms with Crippen LogP contribution in [0.5, 0.6) is 23.0 Å². The molecule has 2 atom stereocenters. The molecule has 0 aromatic heterocycles. The van der Waals surface area contributed by atoms with Crippen LogP contribution in [0.4, 0.5) is 63.1 Å². The van der Waals surface area contributed by atoms with Gasteiger partial charge in [-0.1, -0.05) is 0 Å². The molecule has 0 saturated carbocycles. The van der Waals surface area contributed by atoms with Crippen LogP contribution in [0.15, 0.2) is 91.0 Å². The van der Waals surface area contributed by atoms with E-state index in [4.69, 9.17) is 18.9 Å². The number of ether oxygens (including phenoxy) is 6. The van der Waals surface area contributed by atoms with Gasteiger partial charge in [0.05, 0.1) is 38.6 Å². The van der Waals surface area contributed by atoms with E-state index in [1.807, 2.05) is 0 Å². The predicted molar refractivity (Wildman–Crippen MR) is 217 cm³/mol. The minimum atomic E-state index is -4.84. The lowest BCUT2D eigenvalue weighted by Crippen LogP contribution is -2.55. The van der Waals surface area contributed by atoms with E-state index in [1.54, 1.807) is 24.3 Å². The van der Waals surface area contributed by atoms with Gasteiger partial charge in [-0.05, 0) is 97.8 Å². The molecule has 4 N–H and O–H groups in total. The number of benzene rings is 4. The Bertz CT molecular complexity index is 2080. The zero-order valence-electron chi connectivity index (χ0n) is 33.6. The summed E-state index contributed by atoms with van der Waals surface area (Å²) in [5.74, 6) is -0.873. The fourth-order valence-electron chi connectivity index (χ4n) is 6.66. The van der Waals surface area contributed by atoms with E-state index in [9.17, 15) is 40.3 Å². The highest BCUT2D eigenvalue weighted by molar-refractivity contribution is 6.00. The van der Waals surface area contributed by atoms with Crippen LogP contribution in [0.25, 0.3) is 0 Å². The molecule has 2 saturated heterocycles. The first-order valence-corrected chi connectivity index (χ1v) is 19.8. The third kappa shape index (κ3) is 16.0. The fourth-order valence-corrected chi connectivity index (χ4v) is 6.66. The van der Waals surface area contributed by atoms with Crippen molar-refractivity contribution in [2.24, 2.45) is 0 Å². The van der Waals surface area contributed by atoms with Crippen molar-refractivity contribution in [2.45, 2.75) is 37.8 Å². The Labute approximate surface area is 357 Å². The molecule has 4 amide bonds. The lowest BCUT2D eigenvalue weighted by molar-refractivity contribution is -0.275. The Hall–Kier alpha value is -6.03. The quantitative estimate of drug-likeness (QED) is 0.0602. The zero-order valence-corrected chi connectivity index (χ0v) is 33.6. The number of amides is 4. The second-order valence-electron chi connectivity index (χ2n) is 14.3. The predicted octanol–water partition coefficient (Wildman–Crippen LogP) is 8.55. The third-order valence-electron chi connectivity index (χ3n) is 9.53. The molecule has 21 heteroatoms. The van der Waals surface area contributed by atoms with Crippen LogP contribution in [-0.2, 0) is 9.47 Å². The molecule has 6 rings (SSSR count). The molecular weight excluding hydrogens is 849 g/mol. The summed E-state index contributed by atoms with van der Waals surface area (Å²) < 4.78 is 120. The number of nitrogens with zero attached hydrogens (tertiary/aromatic N) is 2. The highest BCUT2D eigenvalue weighted by Crippen LogP contribution is 2.27. The monoisotopic (exact) mass is 894 g/mol. The molecule has 0 aliphatic carbocycles. The summed E-state index contributed by atoms with van der Waals surface area (Å²) in [5, 5.41) is 10.2. The second kappa shape index (κ2) is 21.9. The molecule has 2 fully saturated rings. The van der Waals surface area contributed by atoms with E-state index >= 15 is 0 Å². The first kappa shape index (κ1) is 46.5. The number of alkyl halides is 6. The van der Waals surface area contributed by atoms with Gasteiger partial charge in [0, 0.05) is 68.1 Å². The number of carbonyl (C=O) groups excluding carboxylic acids is 2. The third-order valence-corrected chi connectivity index (χ3v) is 9.53. The molecule has 2 heterocycles. The van der Waals surface area contributed by atoms with Crippen LogP contribution < -0.4 is 40.2 Å². The van der Waals surface area contributed by atoms with Gasteiger partial charge in [-0.25, -0.2) is 14.0 Å². The standard InChI is InChI=1S/C42H45F7N6O8/c43-35-16-9-31(53-40(57)52-30-7-14-34(15-8-30)63-42(47,48)49)25-36(35)59-22-2-18-55-20-24-61-38(27-55)37-26-54(19-23-60-37)17-1-21-58-32-10-3-28(4-11-32)50-39(56)51-29-5-12-33(13-6-29)62-41(44,45)46/h3-16,25,37-38H,1-2,17-24,26-27H2,(H2,50,51,56)(H2,52,53,57). The van der Waals surface area contributed by atoms with Crippen molar-refractivity contribution in [2.75, 3.05) is 87.0 Å². The number of carbonyl (C=O) groups is 2. The number of rotatable bonds is 17. The zero-order chi connectivity index (χ0) is 44.8. The van der Waals surface area contributed by atoms with Gasteiger partial charge in [0.25, 0.3) is 0 Å². The summed E-state index contributed by atoms with van der Waals surface area (Å²) in [6, 6.07) is 18.7. The fraction of sp³-hybridized carbons (Fsp3) is 0.381. The maximum absolute atomic E-state index is 14.6. The number of nitrogens with one attached hydrogen (secondary N) is 4. The van der Waals surface area contributed by atoms with E-state index in [2.05, 4.69) is 40.5 Å². The van der Waals surface area contributed by atoms with Gasteiger partial charge in [-0.2, -0.15) is 0 Å². The molecule has 0 radical (unpaired) electrons. The van der Waals surface area contributed by atoms with Crippen molar-refractivity contribution in [1.29, 1.82) is 0 Å². The smallest absolute Gasteiger partial charge is 0.494 e. The van der Waals surface area contributed by atoms with Gasteiger partial charge in [0.1, 0.15) is 17.2 Å². The maximum atomic E-state index is 14.6. The Balaban J connectivity index is 0.847. The van der Waals surface area contributed by atoms with Crippen LogP contribution in [0.3, 0.4) is 0 Å². The van der Waals surface area contributed by atoms with E-state index in [1.165, 1.54) is 36.4 Å². The Kier molecular flexibility index (Phi) is 16.1. The molecule has 340 valence electrons. The average Bonchev–Trinajstić information content (AvgIpc) is 3.23. The molecule has 2 unspecified atom stereocenters. The highest BCUT2D eigenvalue weighted by atomic mass is 19.4. The summed E-state index contributed by atoms with van der Waals surface area (Å²) in [5.41, 5.74) is 1.23. The van der Waals surface area contributed by atoms with Crippen LogP contribution in [-0.4, -0.2) is 112 Å². The molecular formula is C42H45F7N6O8. The normalized spacial score (nSPS) is 17.3. The Morgan fingerprint density at radius 2 is 0.968 bits per heavy atom. The van der Waals surface area contributed by atoms with Crippen molar-refractivity contribution in [3.63, 3.8) is 0 Å². The molecule has 14 nitrogen and oxygen atoms in total. The van der Waals surface area contributed by atoms with Crippen LogP contribution in [0.1, 0.15) is 12.8 Å². The van der Waals surface area contributed by atoms with Crippen molar-refractivity contribution in [1.82, 2.24) is 9.80 Å². The van der Waals surface area contributed by atoms with Gasteiger partial charge in [0.15, 0.2) is 11.6 Å². The van der Waals surface area contributed by atoms with Crippen molar-refractivity contribution in [3.8, 4) is 23.0 Å². The number of halogens is 7. The second-order valence-corrected chi connectivity index (χ2v) is 14.3. The van der Waals surface area contributed by atoms with Crippen molar-refractivity contribution < 1.29 is 68.7 Å². The van der Waals surface area contributed by atoms with Crippen LogP contribution in [0, 0.1) is 5.82 Å². The van der Waals surface area contributed by atoms with Crippen LogP contribution in [0.2, 0.25) is 0 Å². The minimum Gasteiger partial charge on any atom is -0.494 e. The number of urea groups is 2. The van der Waals surface area contributed by atoms with Gasteiger partial charge < -0.3 is 49.7 Å². The van der Waals surface area contributed by atoms with E-state index < -0.39 is 42.1 Å². The summed E-state index contributed by atoms with van der Waals surface area (Å²) in [6.07, 6.45) is -8.55. The Morgan fingerprint density at radius 3 is 1.41 bits per heavy atom. The highest BCUT2D eigenvalue weighted by Gasteiger charge is 2.33. The van der Waals surface area contributed by atoms with E-state index in [0.717, 1.165) is 56.4 Å². The van der Waals surface area contributed by atoms with Crippen LogP contribution >= 0.6 is 0 Å². The van der Waals surface area contributed by atoms with Gasteiger partial charge in [-0.15, -0.1) is 26.3 Å². The van der Waals surface area contributed by atoms with Gasteiger partial charge >= 0.3 is 24.8 Å². The largest absolute Gasteiger partial charge is 0.573 e. The minimum absolute atomic E-state index is 0.0489. The molecule has 63 heavy (non-hydrogen) atoms. The lowest BCUT2D eigenvalue weighted by Gasteiger charge is -2.41.